The van der Waals surface area contributed by atoms with E-state index in [9.17, 15) is 0 Å². The van der Waals surface area contributed by atoms with Crippen molar-refractivity contribution in [2.24, 2.45) is 0 Å². The Morgan fingerprint density at radius 1 is 1.45 bits per heavy atom. The second kappa shape index (κ2) is 8.79. The SMILES string of the molecule is C#CCOCCN(C)Cc1ccccc1N1CCOC(C)C1. The van der Waals surface area contributed by atoms with Gasteiger partial charge in [-0.3, -0.25) is 4.90 Å². The van der Waals surface area contributed by atoms with Crippen LogP contribution in [0.3, 0.4) is 0 Å². The molecule has 1 atom stereocenters. The fourth-order valence-electron chi connectivity index (χ4n) is 2.71. The zero-order valence-electron chi connectivity index (χ0n) is 13.6. The summed E-state index contributed by atoms with van der Waals surface area (Å²) in [5.74, 6) is 2.49. The molecule has 1 heterocycles. The molecule has 1 saturated heterocycles. The third-order valence-electron chi connectivity index (χ3n) is 3.82. The summed E-state index contributed by atoms with van der Waals surface area (Å²) in [6, 6.07) is 8.62. The molecule has 0 N–H and O–H groups in total. The quantitative estimate of drug-likeness (QED) is 0.568. The maximum absolute atomic E-state index is 5.64. The Morgan fingerprint density at radius 3 is 3.05 bits per heavy atom. The molecule has 1 fully saturated rings. The molecule has 1 aliphatic rings. The number of terminal acetylenes is 1. The van der Waals surface area contributed by atoms with Crippen LogP contribution in [0.2, 0.25) is 0 Å². The van der Waals surface area contributed by atoms with Crippen molar-refractivity contribution in [2.75, 3.05) is 51.4 Å². The number of para-hydroxylation sites is 1. The summed E-state index contributed by atoms with van der Waals surface area (Å²) in [6.45, 7) is 7.65. The molecular weight excluding hydrogens is 276 g/mol. The van der Waals surface area contributed by atoms with Crippen LogP contribution in [0.4, 0.5) is 5.69 Å². The van der Waals surface area contributed by atoms with Crippen molar-refractivity contribution in [3.05, 3.63) is 29.8 Å². The second-order valence-corrected chi connectivity index (χ2v) is 5.75. The number of ether oxygens (including phenoxy) is 2. The summed E-state index contributed by atoms with van der Waals surface area (Å²) in [5, 5.41) is 0. The average Bonchev–Trinajstić information content (AvgIpc) is 2.52. The Kier molecular flexibility index (Phi) is 6.73. The fraction of sp³-hybridized carbons (Fsp3) is 0.556. The molecule has 0 spiro atoms. The molecular formula is C18H26N2O2. The summed E-state index contributed by atoms with van der Waals surface area (Å²) in [7, 11) is 2.11. The Morgan fingerprint density at radius 2 is 2.27 bits per heavy atom. The summed E-state index contributed by atoms with van der Waals surface area (Å²) in [4.78, 5) is 4.69. The van der Waals surface area contributed by atoms with Crippen molar-refractivity contribution in [1.29, 1.82) is 0 Å². The first-order chi connectivity index (χ1) is 10.7. The topological polar surface area (TPSA) is 24.9 Å². The van der Waals surface area contributed by atoms with Crippen LogP contribution in [0.1, 0.15) is 12.5 Å². The lowest BCUT2D eigenvalue weighted by Gasteiger charge is -2.34. The minimum Gasteiger partial charge on any atom is -0.375 e. The molecule has 1 unspecified atom stereocenters. The largest absolute Gasteiger partial charge is 0.375 e. The number of likely N-dealkylation sites (N-methyl/N-ethyl adjacent to an activating group) is 1. The van der Waals surface area contributed by atoms with E-state index in [0.29, 0.717) is 13.2 Å². The van der Waals surface area contributed by atoms with Gasteiger partial charge in [-0.25, -0.2) is 0 Å². The molecule has 0 amide bonds. The summed E-state index contributed by atoms with van der Waals surface area (Å²) in [5.41, 5.74) is 2.66. The Bertz CT molecular complexity index is 498. The number of benzene rings is 1. The zero-order chi connectivity index (χ0) is 15.8. The molecule has 0 aliphatic carbocycles. The van der Waals surface area contributed by atoms with E-state index in [1.54, 1.807) is 0 Å². The molecule has 2 rings (SSSR count). The Hall–Kier alpha value is -1.54. The van der Waals surface area contributed by atoms with Gasteiger partial charge in [0.1, 0.15) is 6.61 Å². The summed E-state index contributed by atoms with van der Waals surface area (Å²) in [6.07, 6.45) is 5.47. The van der Waals surface area contributed by atoms with Gasteiger partial charge < -0.3 is 14.4 Å². The van der Waals surface area contributed by atoms with E-state index in [0.717, 1.165) is 32.8 Å². The van der Waals surface area contributed by atoms with Crippen LogP contribution in [0.25, 0.3) is 0 Å². The highest BCUT2D eigenvalue weighted by Crippen LogP contribution is 2.23. The lowest BCUT2D eigenvalue weighted by molar-refractivity contribution is 0.0531. The lowest BCUT2D eigenvalue weighted by atomic mass is 10.1. The molecule has 1 aromatic carbocycles. The Labute approximate surface area is 134 Å². The highest BCUT2D eigenvalue weighted by molar-refractivity contribution is 5.54. The van der Waals surface area contributed by atoms with Crippen molar-refractivity contribution < 1.29 is 9.47 Å². The van der Waals surface area contributed by atoms with Crippen LogP contribution in [-0.4, -0.2) is 57.5 Å². The zero-order valence-corrected chi connectivity index (χ0v) is 13.6. The fourth-order valence-corrected chi connectivity index (χ4v) is 2.71. The van der Waals surface area contributed by atoms with Crippen molar-refractivity contribution in [2.45, 2.75) is 19.6 Å². The third-order valence-corrected chi connectivity index (χ3v) is 3.82. The lowest BCUT2D eigenvalue weighted by Crippen LogP contribution is -2.41. The molecule has 1 aliphatic heterocycles. The molecule has 0 bridgehead atoms. The molecule has 4 nitrogen and oxygen atoms in total. The smallest absolute Gasteiger partial charge is 0.107 e. The van der Waals surface area contributed by atoms with Gasteiger partial charge in [0.25, 0.3) is 0 Å². The molecule has 0 aromatic heterocycles. The van der Waals surface area contributed by atoms with Crippen LogP contribution in [-0.2, 0) is 16.0 Å². The normalized spacial score (nSPS) is 18.5. The number of nitrogens with zero attached hydrogens (tertiary/aromatic N) is 2. The highest BCUT2D eigenvalue weighted by Gasteiger charge is 2.19. The molecule has 1 aromatic rings. The van der Waals surface area contributed by atoms with Gasteiger partial charge >= 0.3 is 0 Å². The van der Waals surface area contributed by atoms with Crippen molar-refractivity contribution >= 4 is 5.69 Å². The standard InChI is InChI=1S/C18H26N2O2/c1-4-11-21-12-9-19(3)15-17-7-5-6-8-18(17)20-10-13-22-16(2)14-20/h1,5-8,16H,9-15H2,2-3H3. The predicted octanol–water partition coefficient (Wildman–Crippen LogP) is 1.99. The predicted molar refractivity (Wildman–Crippen MR) is 90.1 cm³/mol. The average molecular weight is 302 g/mol. The number of rotatable bonds is 7. The highest BCUT2D eigenvalue weighted by atomic mass is 16.5. The molecule has 120 valence electrons. The monoisotopic (exact) mass is 302 g/mol. The van der Waals surface area contributed by atoms with Crippen molar-refractivity contribution in [3.8, 4) is 12.3 Å². The maximum Gasteiger partial charge on any atom is 0.107 e. The van der Waals surface area contributed by atoms with E-state index >= 15 is 0 Å². The minimum absolute atomic E-state index is 0.289. The van der Waals surface area contributed by atoms with Crippen LogP contribution in [0.5, 0.6) is 0 Å². The van der Waals surface area contributed by atoms with Crippen LogP contribution in [0.15, 0.2) is 24.3 Å². The summed E-state index contributed by atoms with van der Waals surface area (Å²) >= 11 is 0. The second-order valence-electron chi connectivity index (χ2n) is 5.75. The molecule has 0 radical (unpaired) electrons. The van der Waals surface area contributed by atoms with Crippen molar-refractivity contribution in [1.82, 2.24) is 4.90 Å². The van der Waals surface area contributed by atoms with Gasteiger partial charge in [0.15, 0.2) is 0 Å². The van der Waals surface area contributed by atoms with Gasteiger partial charge in [-0.2, -0.15) is 0 Å². The number of hydrogen-bond donors (Lipinski definition) is 0. The third kappa shape index (κ3) is 5.03. The van der Waals surface area contributed by atoms with E-state index in [2.05, 4.69) is 54.0 Å². The van der Waals surface area contributed by atoms with Crippen LogP contribution >= 0.6 is 0 Å². The van der Waals surface area contributed by atoms with Crippen LogP contribution < -0.4 is 4.90 Å². The number of morpholine rings is 1. The molecule has 4 heteroatoms. The first-order valence-electron chi connectivity index (χ1n) is 7.85. The van der Waals surface area contributed by atoms with Gasteiger partial charge in [0.2, 0.25) is 0 Å². The van der Waals surface area contributed by atoms with E-state index in [4.69, 9.17) is 15.9 Å². The first-order valence-corrected chi connectivity index (χ1v) is 7.85. The van der Waals surface area contributed by atoms with Gasteiger partial charge in [0.05, 0.1) is 19.3 Å². The van der Waals surface area contributed by atoms with Crippen LogP contribution in [0, 0.1) is 12.3 Å². The van der Waals surface area contributed by atoms with E-state index in [-0.39, 0.29) is 6.10 Å². The first kappa shape index (κ1) is 16.8. The van der Waals surface area contributed by atoms with Gasteiger partial charge in [-0.1, -0.05) is 24.1 Å². The number of hydrogen-bond acceptors (Lipinski definition) is 4. The van der Waals surface area contributed by atoms with Gasteiger partial charge in [-0.15, -0.1) is 6.42 Å². The van der Waals surface area contributed by atoms with E-state index in [1.807, 2.05) is 0 Å². The van der Waals surface area contributed by atoms with Gasteiger partial charge in [-0.05, 0) is 25.6 Å². The van der Waals surface area contributed by atoms with E-state index in [1.165, 1.54) is 11.3 Å². The Balaban J connectivity index is 1.94. The molecule has 0 saturated carbocycles. The summed E-state index contributed by atoms with van der Waals surface area (Å²) < 4.78 is 11.0. The minimum atomic E-state index is 0.289. The van der Waals surface area contributed by atoms with E-state index < -0.39 is 0 Å². The number of anilines is 1. The maximum atomic E-state index is 5.64. The van der Waals surface area contributed by atoms with Crippen molar-refractivity contribution in [3.63, 3.8) is 0 Å². The molecule has 22 heavy (non-hydrogen) atoms. The van der Waals surface area contributed by atoms with Gasteiger partial charge in [0, 0.05) is 31.9 Å².